The topological polar surface area (TPSA) is 64.3 Å². The fraction of sp³-hybridized carbons (Fsp3) is 0.533. The molecule has 6 heteroatoms. The maximum Gasteiger partial charge on any atom is 0.253 e. The second-order valence-electron chi connectivity index (χ2n) is 6.16. The lowest BCUT2D eigenvalue weighted by atomic mass is 9.93. The Labute approximate surface area is 135 Å². The molecule has 0 aliphatic heterocycles. The van der Waals surface area contributed by atoms with Gasteiger partial charge in [-0.05, 0) is 30.9 Å². The van der Waals surface area contributed by atoms with Gasteiger partial charge in [-0.15, -0.1) is 0 Å². The molecule has 1 amide bonds. The van der Waals surface area contributed by atoms with Crippen LogP contribution in [0.2, 0.25) is 10.0 Å². The van der Waals surface area contributed by atoms with Gasteiger partial charge < -0.3 is 15.8 Å². The maximum atomic E-state index is 12.1. The van der Waals surface area contributed by atoms with E-state index in [1.165, 1.54) is 12.1 Å². The Morgan fingerprint density at radius 1 is 1.38 bits per heavy atom. The molecule has 0 radical (unpaired) electrons. The number of nitrogens with one attached hydrogen (secondary N) is 1. The third-order valence-corrected chi connectivity index (χ3v) is 3.44. The van der Waals surface area contributed by atoms with Crippen LogP contribution < -0.4 is 11.1 Å². The van der Waals surface area contributed by atoms with Gasteiger partial charge in [-0.2, -0.15) is 0 Å². The molecule has 118 valence electrons. The van der Waals surface area contributed by atoms with Gasteiger partial charge in [-0.1, -0.05) is 44.0 Å². The van der Waals surface area contributed by atoms with Crippen LogP contribution in [0.4, 0.5) is 11.4 Å². The molecule has 0 saturated heterocycles. The number of nitrogens with two attached hydrogens (primary N) is 1. The molecule has 0 aromatic heterocycles. The smallest absolute Gasteiger partial charge is 0.253 e. The average molecular weight is 333 g/mol. The van der Waals surface area contributed by atoms with Gasteiger partial charge >= 0.3 is 0 Å². The van der Waals surface area contributed by atoms with Gasteiger partial charge in [0.25, 0.3) is 5.91 Å². The Hall–Kier alpha value is -0.970. The number of amides is 1. The Bertz CT molecular complexity index is 490. The summed E-state index contributed by atoms with van der Waals surface area (Å²) >= 11 is 11.9. The molecule has 1 aromatic rings. The van der Waals surface area contributed by atoms with Crippen molar-refractivity contribution in [3.63, 3.8) is 0 Å². The number of halogens is 2. The van der Waals surface area contributed by atoms with Crippen molar-refractivity contribution in [1.82, 2.24) is 0 Å². The van der Waals surface area contributed by atoms with Crippen LogP contribution >= 0.6 is 23.2 Å². The van der Waals surface area contributed by atoms with E-state index < -0.39 is 6.10 Å². The largest absolute Gasteiger partial charge is 0.397 e. The zero-order chi connectivity index (χ0) is 16.2. The normalized spacial score (nSPS) is 13.0. The number of hydrogen-bond donors (Lipinski definition) is 2. The summed E-state index contributed by atoms with van der Waals surface area (Å²) in [5.41, 5.74) is 6.65. The zero-order valence-electron chi connectivity index (χ0n) is 12.8. The molecule has 0 heterocycles. The molecule has 0 spiro atoms. The predicted molar refractivity (Wildman–Crippen MR) is 89.0 cm³/mol. The number of ether oxygens (including phenoxy) is 1. The van der Waals surface area contributed by atoms with Crippen molar-refractivity contribution in [3.8, 4) is 0 Å². The van der Waals surface area contributed by atoms with E-state index >= 15 is 0 Å². The third kappa shape index (κ3) is 6.12. The Balaban J connectivity index is 2.61. The van der Waals surface area contributed by atoms with Crippen LogP contribution in [0.3, 0.4) is 0 Å². The monoisotopic (exact) mass is 332 g/mol. The number of nitrogen functional groups attached to an aromatic ring is 1. The van der Waals surface area contributed by atoms with Gasteiger partial charge in [0.2, 0.25) is 0 Å². The van der Waals surface area contributed by atoms with Crippen molar-refractivity contribution >= 4 is 40.5 Å². The predicted octanol–water partition coefficient (Wildman–Crippen LogP) is 4.36. The first-order chi connectivity index (χ1) is 9.60. The average Bonchev–Trinajstić information content (AvgIpc) is 2.31. The molecule has 4 nitrogen and oxygen atoms in total. The summed E-state index contributed by atoms with van der Waals surface area (Å²) in [5.74, 6) is -0.292. The highest BCUT2D eigenvalue weighted by Gasteiger charge is 2.18. The van der Waals surface area contributed by atoms with Crippen LogP contribution in [0.25, 0.3) is 0 Å². The quantitative estimate of drug-likeness (QED) is 0.787. The SMILES string of the molecule is CC(OCCC(C)(C)C)C(=O)Nc1c(N)cc(Cl)cc1Cl. The van der Waals surface area contributed by atoms with Crippen LogP contribution in [0.5, 0.6) is 0 Å². The molecular weight excluding hydrogens is 311 g/mol. The summed E-state index contributed by atoms with van der Waals surface area (Å²) in [4.78, 5) is 12.1. The highest BCUT2D eigenvalue weighted by atomic mass is 35.5. The van der Waals surface area contributed by atoms with Gasteiger partial charge in [-0.3, -0.25) is 4.79 Å². The van der Waals surface area contributed by atoms with Crippen LogP contribution in [0.15, 0.2) is 12.1 Å². The van der Waals surface area contributed by atoms with Gasteiger partial charge in [0.1, 0.15) is 6.10 Å². The molecule has 1 atom stereocenters. The lowest BCUT2D eigenvalue weighted by Gasteiger charge is -2.20. The van der Waals surface area contributed by atoms with Gasteiger partial charge in [0.05, 0.1) is 16.4 Å². The first-order valence-electron chi connectivity index (χ1n) is 6.77. The van der Waals surface area contributed by atoms with Crippen LogP contribution in [0, 0.1) is 5.41 Å². The van der Waals surface area contributed by atoms with Gasteiger partial charge in [-0.25, -0.2) is 0 Å². The number of anilines is 2. The van der Waals surface area contributed by atoms with Crippen molar-refractivity contribution in [2.45, 2.75) is 40.2 Å². The summed E-state index contributed by atoms with van der Waals surface area (Å²) in [7, 11) is 0. The van der Waals surface area contributed by atoms with Crippen molar-refractivity contribution < 1.29 is 9.53 Å². The van der Waals surface area contributed by atoms with Crippen molar-refractivity contribution in [3.05, 3.63) is 22.2 Å². The van der Waals surface area contributed by atoms with Crippen molar-refractivity contribution in [1.29, 1.82) is 0 Å². The van der Waals surface area contributed by atoms with E-state index in [0.717, 1.165) is 6.42 Å². The summed E-state index contributed by atoms with van der Waals surface area (Å²) in [6.45, 7) is 8.57. The van der Waals surface area contributed by atoms with E-state index in [2.05, 4.69) is 26.1 Å². The summed E-state index contributed by atoms with van der Waals surface area (Å²) in [5, 5.41) is 3.40. The second kappa shape index (κ2) is 7.34. The zero-order valence-corrected chi connectivity index (χ0v) is 14.3. The van der Waals surface area contributed by atoms with Gasteiger partial charge in [0, 0.05) is 11.6 Å². The minimum Gasteiger partial charge on any atom is -0.397 e. The highest BCUT2D eigenvalue weighted by Crippen LogP contribution is 2.32. The Kier molecular flexibility index (Phi) is 6.32. The highest BCUT2D eigenvalue weighted by molar-refractivity contribution is 6.37. The lowest BCUT2D eigenvalue weighted by Crippen LogP contribution is -2.29. The molecule has 0 saturated carbocycles. The van der Waals surface area contributed by atoms with E-state index in [9.17, 15) is 4.79 Å². The van der Waals surface area contributed by atoms with E-state index in [0.29, 0.717) is 28.0 Å². The first kappa shape index (κ1) is 18.1. The number of rotatable bonds is 5. The second-order valence-corrected chi connectivity index (χ2v) is 7.01. The minimum atomic E-state index is -0.585. The molecule has 1 rings (SSSR count). The molecule has 0 aliphatic rings. The van der Waals surface area contributed by atoms with E-state index in [1.54, 1.807) is 6.92 Å². The van der Waals surface area contributed by atoms with E-state index in [4.69, 9.17) is 33.7 Å². The van der Waals surface area contributed by atoms with E-state index in [-0.39, 0.29) is 11.3 Å². The van der Waals surface area contributed by atoms with Crippen LogP contribution in [-0.4, -0.2) is 18.6 Å². The van der Waals surface area contributed by atoms with Crippen LogP contribution in [-0.2, 0) is 9.53 Å². The summed E-state index contributed by atoms with van der Waals surface area (Å²) in [6.07, 6.45) is 0.285. The molecule has 1 unspecified atom stereocenters. The molecule has 0 fully saturated rings. The van der Waals surface area contributed by atoms with E-state index in [1.807, 2.05) is 0 Å². The number of carbonyl (C=O) groups excluding carboxylic acids is 1. The number of hydrogen-bond acceptors (Lipinski definition) is 3. The molecule has 1 aromatic carbocycles. The van der Waals surface area contributed by atoms with Crippen molar-refractivity contribution in [2.75, 3.05) is 17.7 Å². The van der Waals surface area contributed by atoms with Crippen molar-refractivity contribution in [2.24, 2.45) is 5.41 Å². The van der Waals surface area contributed by atoms with Gasteiger partial charge in [0.15, 0.2) is 0 Å². The lowest BCUT2D eigenvalue weighted by molar-refractivity contribution is -0.126. The molecule has 0 aliphatic carbocycles. The third-order valence-electron chi connectivity index (χ3n) is 2.92. The minimum absolute atomic E-state index is 0.167. The molecular formula is C15H22Cl2N2O2. The first-order valence-corrected chi connectivity index (χ1v) is 7.53. The fourth-order valence-electron chi connectivity index (χ4n) is 1.57. The molecule has 0 bridgehead atoms. The Morgan fingerprint density at radius 3 is 2.52 bits per heavy atom. The standard InChI is InChI=1S/C15H22Cl2N2O2/c1-9(21-6-5-15(2,3)4)14(20)19-13-11(17)7-10(16)8-12(13)18/h7-9H,5-6,18H2,1-4H3,(H,19,20). The molecule has 3 N–H and O–H groups in total. The Morgan fingerprint density at radius 2 is 2.00 bits per heavy atom. The maximum absolute atomic E-state index is 12.1. The summed E-state index contributed by atoms with van der Waals surface area (Å²) in [6, 6.07) is 3.06. The number of carbonyl (C=O) groups is 1. The summed E-state index contributed by atoms with van der Waals surface area (Å²) < 4.78 is 5.53. The number of benzene rings is 1. The fourth-order valence-corrected chi connectivity index (χ4v) is 2.12. The molecule has 21 heavy (non-hydrogen) atoms. The van der Waals surface area contributed by atoms with Crippen LogP contribution in [0.1, 0.15) is 34.1 Å².